The van der Waals surface area contributed by atoms with E-state index in [9.17, 15) is 9.59 Å². The third-order valence-corrected chi connectivity index (χ3v) is 5.55. The molecule has 0 spiro atoms. The van der Waals surface area contributed by atoms with Crippen LogP contribution in [0.5, 0.6) is 0 Å². The molecule has 2 aromatic carbocycles. The van der Waals surface area contributed by atoms with Gasteiger partial charge in [-0.25, -0.2) is 0 Å². The summed E-state index contributed by atoms with van der Waals surface area (Å²) in [7, 11) is 0. The maximum Gasteiger partial charge on any atom is 0.229 e. The van der Waals surface area contributed by atoms with Crippen LogP contribution in [0.4, 0.5) is 11.4 Å². The molecule has 27 heavy (non-hydrogen) atoms. The van der Waals surface area contributed by atoms with Crippen LogP contribution in [0.3, 0.4) is 0 Å². The smallest absolute Gasteiger partial charge is 0.229 e. The summed E-state index contributed by atoms with van der Waals surface area (Å²) >= 11 is 0. The average Bonchev–Trinajstić information content (AvgIpc) is 3.06. The summed E-state index contributed by atoms with van der Waals surface area (Å²) in [5.74, 6) is -0.378. The number of para-hydroxylation sites is 1. The molecule has 2 amide bonds. The summed E-state index contributed by atoms with van der Waals surface area (Å²) < 4.78 is 0. The first-order chi connectivity index (χ1) is 12.9. The summed E-state index contributed by atoms with van der Waals surface area (Å²) in [6, 6.07) is 12.1. The van der Waals surface area contributed by atoms with E-state index in [0.717, 1.165) is 40.9 Å². The number of aryl methyl sites for hydroxylation is 4. The molecule has 1 aliphatic heterocycles. The molecule has 1 N–H and O–H groups in total. The molecule has 4 heteroatoms. The van der Waals surface area contributed by atoms with Crippen molar-refractivity contribution < 1.29 is 9.59 Å². The first-order valence-corrected chi connectivity index (χ1v) is 9.73. The zero-order valence-electron chi connectivity index (χ0n) is 16.6. The van der Waals surface area contributed by atoms with Crippen LogP contribution in [0.15, 0.2) is 36.4 Å². The van der Waals surface area contributed by atoms with Crippen LogP contribution >= 0.6 is 0 Å². The van der Waals surface area contributed by atoms with Crippen LogP contribution in [-0.2, 0) is 22.4 Å². The minimum Gasteiger partial charge on any atom is -0.325 e. The molecule has 3 rings (SSSR count). The number of carbonyl (C=O) groups is 2. The molecule has 0 saturated carbocycles. The summed E-state index contributed by atoms with van der Waals surface area (Å²) in [5.41, 5.74) is 6.42. The lowest BCUT2D eigenvalue weighted by Crippen LogP contribution is -2.28. The van der Waals surface area contributed by atoms with Gasteiger partial charge in [-0.3, -0.25) is 9.59 Å². The van der Waals surface area contributed by atoms with Crippen molar-refractivity contribution in [3.63, 3.8) is 0 Å². The topological polar surface area (TPSA) is 49.4 Å². The lowest BCUT2D eigenvalue weighted by atomic mass is 10.0. The first-order valence-electron chi connectivity index (χ1n) is 9.73. The Morgan fingerprint density at radius 3 is 2.33 bits per heavy atom. The molecule has 0 bridgehead atoms. The molecule has 4 nitrogen and oxygen atoms in total. The van der Waals surface area contributed by atoms with Gasteiger partial charge in [0.25, 0.3) is 0 Å². The molecular formula is C23H28N2O2. The molecule has 1 fully saturated rings. The Kier molecular flexibility index (Phi) is 5.64. The van der Waals surface area contributed by atoms with Crippen molar-refractivity contribution in [1.82, 2.24) is 0 Å². The molecule has 0 aliphatic carbocycles. The lowest BCUT2D eigenvalue weighted by molar-refractivity contribution is -0.122. The highest BCUT2D eigenvalue weighted by atomic mass is 16.2. The normalized spacial score (nSPS) is 16.7. The van der Waals surface area contributed by atoms with Crippen molar-refractivity contribution >= 4 is 23.2 Å². The number of hydrogen-bond donors (Lipinski definition) is 1. The SMILES string of the molecule is CCc1cccc(CC)c1NC(=O)[C@H]1CC(=O)N(c2ccc(C)c(C)c2)C1. The maximum atomic E-state index is 12.9. The van der Waals surface area contributed by atoms with Crippen LogP contribution < -0.4 is 10.2 Å². The van der Waals surface area contributed by atoms with E-state index in [1.807, 2.05) is 31.2 Å². The van der Waals surface area contributed by atoms with Gasteiger partial charge in [0.1, 0.15) is 0 Å². The Hall–Kier alpha value is -2.62. The Morgan fingerprint density at radius 2 is 1.74 bits per heavy atom. The van der Waals surface area contributed by atoms with Crippen LogP contribution in [0.1, 0.15) is 42.5 Å². The van der Waals surface area contributed by atoms with E-state index in [4.69, 9.17) is 0 Å². The number of amides is 2. The van der Waals surface area contributed by atoms with Crippen LogP contribution in [0.25, 0.3) is 0 Å². The number of hydrogen-bond acceptors (Lipinski definition) is 2. The average molecular weight is 364 g/mol. The van der Waals surface area contributed by atoms with Crippen molar-refractivity contribution in [2.75, 3.05) is 16.8 Å². The highest BCUT2D eigenvalue weighted by Gasteiger charge is 2.35. The molecule has 2 aromatic rings. The monoisotopic (exact) mass is 364 g/mol. The quantitative estimate of drug-likeness (QED) is 0.854. The molecule has 0 radical (unpaired) electrons. The van der Waals surface area contributed by atoms with E-state index < -0.39 is 0 Å². The highest BCUT2D eigenvalue weighted by Crippen LogP contribution is 2.29. The van der Waals surface area contributed by atoms with Gasteiger partial charge in [0, 0.05) is 24.3 Å². The number of anilines is 2. The Bertz CT molecular complexity index is 850. The fraction of sp³-hybridized carbons (Fsp3) is 0.391. The van der Waals surface area contributed by atoms with Gasteiger partial charge in [-0.15, -0.1) is 0 Å². The minimum absolute atomic E-state index is 0.0119. The van der Waals surface area contributed by atoms with E-state index in [-0.39, 0.29) is 24.2 Å². The number of rotatable bonds is 5. The Labute approximate surface area is 161 Å². The maximum absolute atomic E-state index is 12.9. The van der Waals surface area contributed by atoms with E-state index in [0.29, 0.717) is 6.54 Å². The predicted octanol–water partition coefficient (Wildman–Crippen LogP) is 4.42. The second kappa shape index (κ2) is 7.95. The van der Waals surface area contributed by atoms with Gasteiger partial charge in [0.05, 0.1) is 5.92 Å². The number of nitrogens with zero attached hydrogens (tertiary/aromatic N) is 1. The van der Waals surface area contributed by atoms with Crippen molar-refractivity contribution in [3.05, 3.63) is 58.7 Å². The van der Waals surface area contributed by atoms with Gasteiger partial charge in [-0.05, 0) is 61.1 Å². The van der Waals surface area contributed by atoms with Gasteiger partial charge in [-0.1, -0.05) is 38.1 Å². The first kappa shape index (κ1) is 19.2. The predicted molar refractivity (Wildman–Crippen MR) is 110 cm³/mol. The Balaban J connectivity index is 1.78. The molecule has 0 unspecified atom stereocenters. The summed E-state index contributed by atoms with van der Waals surface area (Å²) in [6.07, 6.45) is 1.98. The van der Waals surface area contributed by atoms with Crippen molar-refractivity contribution in [1.29, 1.82) is 0 Å². The number of benzene rings is 2. The zero-order valence-corrected chi connectivity index (χ0v) is 16.6. The molecule has 1 atom stereocenters. The highest BCUT2D eigenvalue weighted by molar-refractivity contribution is 6.04. The second-order valence-corrected chi connectivity index (χ2v) is 7.32. The molecule has 0 aromatic heterocycles. The van der Waals surface area contributed by atoms with Crippen LogP contribution in [-0.4, -0.2) is 18.4 Å². The molecule has 1 aliphatic rings. The third kappa shape index (κ3) is 3.90. The van der Waals surface area contributed by atoms with Gasteiger partial charge in [-0.2, -0.15) is 0 Å². The molecule has 1 heterocycles. The van der Waals surface area contributed by atoms with E-state index in [2.05, 4.69) is 38.2 Å². The van der Waals surface area contributed by atoms with E-state index >= 15 is 0 Å². The van der Waals surface area contributed by atoms with E-state index in [1.54, 1.807) is 4.90 Å². The van der Waals surface area contributed by atoms with Crippen LogP contribution in [0, 0.1) is 19.8 Å². The van der Waals surface area contributed by atoms with E-state index in [1.165, 1.54) is 5.56 Å². The summed E-state index contributed by atoms with van der Waals surface area (Å²) in [5, 5.41) is 3.12. The van der Waals surface area contributed by atoms with Gasteiger partial charge in [0.2, 0.25) is 11.8 Å². The summed E-state index contributed by atoms with van der Waals surface area (Å²) in [6.45, 7) is 8.70. The molecule has 142 valence electrons. The largest absolute Gasteiger partial charge is 0.325 e. The zero-order chi connectivity index (χ0) is 19.6. The fourth-order valence-electron chi connectivity index (χ4n) is 3.65. The van der Waals surface area contributed by atoms with Crippen molar-refractivity contribution in [2.45, 2.75) is 47.0 Å². The summed E-state index contributed by atoms with van der Waals surface area (Å²) in [4.78, 5) is 27.2. The molecule has 1 saturated heterocycles. The number of nitrogens with one attached hydrogen (secondary N) is 1. The lowest BCUT2D eigenvalue weighted by Gasteiger charge is -2.19. The second-order valence-electron chi connectivity index (χ2n) is 7.32. The van der Waals surface area contributed by atoms with Gasteiger partial charge in [0.15, 0.2) is 0 Å². The molecular weight excluding hydrogens is 336 g/mol. The minimum atomic E-state index is -0.325. The van der Waals surface area contributed by atoms with Crippen molar-refractivity contribution in [3.8, 4) is 0 Å². The van der Waals surface area contributed by atoms with Gasteiger partial charge >= 0.3 is 0 Å². The van der Waals surface area contributed by atoms with Gasteiger partial charge < -0.3 is 10.2 Å². The Morgan fingerprint density at radius 1 is 1.07 bits per heavy atom. The fourth-order valence-corrected chi connectivity index (χ4v) is 3.65. The number of carbonyl (C=O) groups excluding carboxylic acids is 2. The van der Waals surface area contributed by atoms with Crippen molar-refractivity contribution in [2.24, 2.45) is 5.92 Å². The third-order valence-electron chi connectivity index (χ3n) is 5.55. The van der Waals surface area contributed by atoms with Crippen LogP contribution in [0.2, 0.25) is 0 Å². The standard InChI is InChI=1S/C23H28N2O2/c1-5-17-8-7-9-18(6-2)22(17)24-23(27)19-13-21(26)25(14-19)20-11-10-15(3)16(4)12-20/h7-12,19H,5-6,13-14H2,1-4H3,(H,24,27)/t19-/m0/s1.